The number of benzene rings is 1. The number of hydrogen-bond donors (Lipinski definition) is 2. The quantitative estimate of drug-likeness (QED) is 0.877. The first-order chi connectivity index (χ1) is 6.43. The maximum absolute atomic E-state index is 13.5. The van der Waals surface area contributed by atoms with Crippen molar-refractivity contribution in [1.82, 2.24) is 0 Å². The van der Waals surface area contributed by atoms with E-state index in [1.54, 1.807) is 6.07 Å². The molecule has 2 nitrogen and oxygen atoms in total. The first-order valence-electron chi connectivity index (χ1n) is 4.01. The molecule has 0 fully saturated rings. The molecule has 78 valence electrons. The first-order valence-corrected chi connectivity index (χ1v) is 5.60. The summed E-state index contributed by atoms with van der Waals surface area (Å²) in [5.41, 5.74) is 5.95. The standard InChI is InChI=1S/C9H10Br2FNO/c1-4(14)9(13)8-6(11)2-5(10)3-7(8)12/h2-4,9,14H,13H2,1H3/t4-,9-/m1/s1. The van der Waals surface area contributed by atoms with Gasteiger partial charge in [0.25, 0.3) is 0 Å². The van der Waals surface area contributed by atoms with Crippen LogP contribution in [0.4, 0.5) is 4.39 Å². The van der Waals surface area contributed by atoms with Gasteiger partial charge in [-0.3, -0.25) is 0 Å². The summed E-state index contributed by atoms with van der Waals surface area (Å²) in [6, 6.07) is 2.29. The highest BCUT2D eigenvalue weighted by atomic mass is 79.9. The Morgan fingerprint density at radius 3 is 2.43 bits per heavy atom. The smallest absolute Gasteiger partial charge is 0.130 e. The minimum absolute atomic E-state index is 0.295. The number of halogens is 3. The fraction of sp³-hybridized carbons (Fsp3) is 0.333. The minimum Gasteiger partial charge on any atom is -0.391 e. The molecule has 0 aliphatic rings. The van der Waals surface area contributed by atoms with Crippen LogP contribution in [-0.4, -0.2) is 11.2 Å². The lowest BCUT2D eigenvalue weighted by Crippen LogP contribution is -2.24. The molecular formula is C9H10Br2FNO. The van der Waals surface area contributed by atoms with E-state index >= 15 is 0 Å². The Morgan fingerprint density at radius 1 is 1.43 bits per heavy atom. The normalized spacial score (nSPS) is 15.3. The summed E-state index contributed by atoms with van der Waals surface area (Å²) in [4.78, 5) is 0. The Morgan fingerprint density at radius 2 is 2.00 bits per heavy atom. The minimum atomic E-state index is -0.790. The third-order valence-electron chi connectivity index (χ3n) is 1.90. The van der Waals surface area contributed by atoms with Gasteiger partial charge < -0.3 is 10.8 Å². The number of rotatable bonds is 2. The van der Waals surface area contributed by atoms with Gasteiger partial charge in [-0.15, -0.1) is 0 Å². The molecule has 0 saturated heterocycles. The summed E-state index contributed by atoms with van der Waals surface area (Å²) in [7, 11) is 0. The van der Waals surface area contributed by atoms with Gasteiger partial charge in [0.05, 0.1) is 12.1 Å². The maximum Gasteiger partial charge on any atom is 0.130 e. The molecular weight excluding hydrogens is 317 g/mol. The highest BCUT2D eigenvalue weighted by molar-refractivity contribution is 9.11. The van der Waals surface area contributed by atoms with Gasteiger partial charge in [0.1, 0.15) is 5.82 Å². The van der Waals surface area contributed by atoms with E-state index in [9.17, 15) is 9.50 Å². The van der Waals surface area contributed by atoms with E-state index in [-0.39, 0.29) is 0 Å². The van der Waals surface area contributed by atoms with Crippen molar-refractivity contribution in [2.24, 2.45) is 5.73 Å². The van der Waals surface area contributed by atoms with Crippen LogP contribution in [0, 0.1) is 5.82 Å². The monoisotopic (exact) mass is 325 g/mol. The topological polar surface area (TPSA) is 46.2 Å². The Bertz CT molecular complexity index is 321. The van der Waals surface area contributed by atoms with E-state index in [0.29, 0.717) is 14.5 Å². The summed E-state index contributed by atoms with van der Waals surface area (Å²) in [5.74, 6) is -0.431. The van der Waals surface area contributed by atoms with Gasteiger partial charge in [-0.05, 0) is 19.1 Å². The fourth-order valence-electron chi connectivity index (χ4n) is 1.11. The lowest BCUT2D eigenvalue weighted by atomic mass is 10.0. The molecule has 2 atom stereocenters. The summed E-state index contributed by atoms with van der Waals surface area (Å²) >= 11 is 6.37. The third-order valence-corrected chi connectivity index (χ3v) is 3.01. The molecule has 0 spiro atoms. The lowest BCUT2D eigenvalue weighted by Gasteiger charge is -2.17. The summed E-state index contributed by atoms with van der Waals surface area (Å²) in [6.45, 7) is 1.53. The first kappa shape index (κ1) is 12.1. The zero-order valence-corrected chi connectivity index (χ0v) is 10.6. The predicted octanol–water partition coefficient (Wildman–Crippen LogP) is 2.73. The molecule has 0 bridgehead atoms. The van der Waals surface area contributed by atoms with Crippen LogP contribution in [-0.2, 0) is 0 Å². The van der Waals surface area contributed by atoms with Gasteiger partial charge >= 0.3 is 0 Å². The zero-order chi connectivity index (χ0) is 10.9. The molecule has 0 aliphatic carbocycles. The van der Waals surface area contributed by atoms with E-state index in [4.69, 9.17) is 5.73 Å². The summed E-state index contributed by atoms with van der Waals surface area (Å²) < 4.78 is 14.7. The van der Waals surface area contributed by atoms with Crippen molar-refractivity contribution in [2.75, 3.05) is 0 Å². The lowest BCUT2D eigenvalue weighted by molar-refractivity contribution is 0.162. The number of hydrogen-bond acceptors (Lipinski definition) is 2. The molecule has 0 aliphatic heterocycles. The third kappa shape index (κ3) is 2.53. The highest BCUT2D eigenvalue weighted by Crippen LogP contribution is 2.30. The van der Waals surface area contributed by atoms with Crippen LogP contribution in [0.1, 0.15) is 18.5 Å². The van der Waals surface area contributed by atoms with Gasteiger partial charge in [0, 0.05) is 14.5 Å². The Kier molecular flexibility index (Phi) is 4.06. The van der Waals surface area contributed by atoms with Crippen molar-refractivity contribution in [3.63, 3.8) is 0 Å². The molecule has 0 amide bonds. The molecule has 0 heterocycles. The van der Waals surface area contributed by atoms with Crippen LogP contribution in [0.5, 0.6) is 0 Å². The second kappa shape index (κ2) is 4.70. The fourth-order valence-corrected chi connectivity index (χ4v) is 2.55. The number of nitrogens with two attached hydrogens (primary N) is 1. The van der Waals surface area contributed by atoms with E-state index < -0.39 is 18.0 Å². The molecule has 0 radical (unpaired) electrons. The number of aliphatic hydroxyl groups excluding tert-OH is 1. The van der Waals surface area contributed by atoms with E-state index in [1.165, 1.54) is 13.0 Å². The molecule has 5 heteroatoms. The van der Waals surface area contributed by atoms with Crippen LogP contribution in [0.25, 0.3) is 0 Å². The maximum atomic E-state index is 13.5. The van der Waals surface area contributed by atoms with Crippen molar-refractivity contribution < 1.29 is 9.50 Å². The van der Waals surface area contributed by atoms with Crippen molar-refractivity contribution >= 4 is 31.9 Å². The van der Waals surface area contributed by atoms with Gasteiger partial charge in [0.15, 0.2) is 0 Å². The second-order valence-electron chi connectivity index (χ2n) is 3.05. The number of aliphatic hydroxyl groups is 1. The summed E-state index contributed by atoms with van der Waals surface area (Å²) in [6.07, 6.45) is -0.790. The molecule has 1 aromatic carbocycles. The molecule has 0 aromatic heterocycles. The van der Waals surface area contributed by atoms with Crippen LogP contribution in [0.2, 0.25) is 0 Å². The van der Waals surface area contributed by atoms with Crippen molar-refractivity contribution in [1.29, 1.82) is 0 Å². The average molecular weight is 327 g/mol. The molecule has 3 N–H and O–H groups in total. The van der Waals surface area contributed by atoms with Crippen molar-refractivity contribution in [2.45, 2.75) is 19.1 Å². The highest BCUT2D eigenvalue weighted by Gasteiger charge is 2.19. The van der Waals surface area contributed by atoms with Crippen molar-refractivity contribution in [3.05, 3.63) is 32.5 Å². The molecule has 0 unspecified atom stereocenters. The van der Waals surface area contributed by atoms with Gasteiger partial charge in [0.2, 0.25) is 0 Å². The SMILES string of the molecule is C[C@@H](O)[C@@H](N)c1c(F)cc(Br)cc1Br. The van der Waals surface area contributed by atoms with E-state index in [1.807, 2.05) is 0 Å². The van der Waals surface area contributed by atoms with Crippen molar-refractivity contribution in [3.8, 4) is 0 Å². The Balaban J connectivity index is 3.20. The predicted molar refractivity (Wildman–Crippen MR) is 60.4 cm³/mol. The van der Waals surface area contributed by atoms with Crippen LogP contribution < -0.4 is 5.73 Å². The van der Waals surface area contributed by atoms with Crippen LogP contribution in [0.3, 0.4) is 0 Å². The van der Waals surface area contributed by atoms with Gasteiger partial charge in [-0.2, -0.15) is 0 Å². The summed E-state index contributed by atoms with van der Waals surface area (Å²) in [5, 5.41) is 9.27. The average Bonchev–Trinajstić information content (AvgIpc) is 2.01. The Labute approximate surface area is 98.6 Å². The van der Waals surface area contributed by atoms with Crippen LogP contribution in [0.15, 0.2) is 21.1 Å². The van der Waals surface area contributed by atoms with Crippen LogP contribution >= 0.6 is 31.9 Å². The molecule has 14 heavy (non-hydrogen) atoms. The largest absolute Gasteiger partial charge is 0.391 e. The molecule has 1 aromatic rings. The molecule has 0 saturated carbocycles. The Hall–Kier alpha value is 0.0300. The van der Waals surface area contributed by atoms with Gasteiger partial charge in [-0.1, -0.05) is 31.9 Å². The molecule has 1 rings (SSSR count). The zero-order valence-electron chi connectivity index (χ0n) is 7.47. The van der Waals surface area contributed by atoms with Gasteiger partial charge in [-0.25, -0.2) is 4.39 Å². The van der Waals surface area contributed by atoms with E-state index in [2.05, 4.69) is 31.9 Å². The van der Waals surface area contributed by atoms with E-state index in [0.717, 1.165) is 0 Å². The second-order valence-corrected chi connectivity index (χ2v) is 4.82.